The van der Waals surface area contributed by atoms with Crippen LogP contribution in [0.3, 0.4) is 0 Å². The molecular weight excluding hydrogens is 333 g/mol. The lowest BCUT2D eigenvalue weighted by Crippen LogP contribution is -2.62. The molecule has 4 nitrogen and oxygen atoms in total. The number of halogens is 1. The van der Waals surface area contributed by atoms with E-state index in [0.29, 0.717) is 43.6 Å². The minimum absolute atomic E-state index is 0.167. The number of rotatable bonds is 4. The lowest BCUT2D eigenvalue weighted by Gasteiger charge is -2.61. The highest BCUT2D eigenvalue weighted by molar-refractivity contribution is 5.79. The summed E-state index contributed by atoms with van der Waals surface area (Å²) < 4.78 is 25.0. The van der Waals surface area contributed by atoms with Crippen LogP contribution in [0.2, 0.25) is 0 Å². The van der Waals surface area contributed by atoms with E-state index in [1.54, 1.807) is 19.2 Å². The summed E-state index contributed by atoms with van der Waals surface area (Å²) in [5.41, 5.74) is 0.976. The van der Waals surface area contributed by atoms with E-state index in [1.807, 2.05) is 17.0 Å². The van der Waals surface area contributed by atoms with E-state index in [9.17, 15) is 9.18 Å². The largest absolute Gasteiger partial charge is 0.378 e. The van der Waals surface area contributed by atoms with Gasteiger partial charge < -0.3 is 14.4 Å². The molecule has 3 saturated heterocycles. The second kappa shape index (κ2) is 6.03. The minimum Gasteiger partial charge on any atom is -0.378 e. The number of carbonyl (C=O) groups is 1. The first-order valence-electron chi connectivity index (χ1n) is 9.80. The summed E-state index contributed by atoms with van der Waals surface area (Å²) >= 11 is 0. The SMILES string of the molecule is COC1CN(C(=O)CC2(c3ccc(F)cc3)C3CC4CC2CC(C3)O4)C1. The molecule has 0 aromatic heterocycles. The Morgan fingerprint density at radius 1 is 1.15 bits per heavy atom. The molecule has 0 atom stereocenters. The standard InChI is InChI=1S/C21H26FNO3/c1-25-19-11-23(12-19)20(24)10-21(13-2-4-16(22)5-3-13)14-6-17-8-15(21)9-18(7-14)26-17/h2-5,14-15,17-19H,6-12H2,1H3. The van der Waals surface area contributed by atoms with Gasteiger partial charge in [-0.2, -0.15) is 0 Å². The number of methoxy groups -OCH3 is 1. The molecule has 0 spiro atoms. The molecule has 0 N–H and O–H groups in total. The van der Waals surface area contributed by atoms with Crippen LogP contribution in [0.25, 0.3) is 0 Å². The first-order valence-corrected chi connectivity index (χ1v) is 9.80. The van der Waals surface area contributed by atoms with E-state index < -0.39 is 0 Å². The number of likely N-dealkylation sites (tertiary alicyclic amines) is 1. The molecule has 2 saturated carbocycles. The fourth-order valence-corrected chi connectivity index (χ4v) is 6.10. The predicted molar refractivity (Wildman–Crippen MR) is 94.2 cm³/mol. The Labute approximate surface area is 153 Å². The second-order valence-electron chi connectivity index (χ2n) is 8.60. The van der Waals surface area contributed by atoms with Crippen LogP contribution in [-0.2, 0) is 19.7 Å². The van der Waals surface area contributed by atoms with Gasteiger partial charge in [0.2, 0.25) is 5.91 Å². The van der Waals surface area contributed by atoms with Gasteiger partial charge in [0.15, 0.2) is 0 Å². The molecule has 1 aromatic rings. The van der Waals surface area contributed by atoms with Gasteiger partial charge in [-0.1, -0.05) is 12.1 Å². The second-order valence-corrected chi connectivity index (χ2v) is 8.60. The van der Waals surface area contributed by atoms with Crippen LogP contribution < -0.4 is 0 Å². The topological polar surface area (TPSA) is 38.8 Å². The van der Waals surface area contributed by atoms with Crippen molar-refractivity contribution in [3.8, 4) is 0 Å². The van der Waals surface area contributed by atoms with Gasteiger partial charge in [0.05, 0.1) is 18.3 Å². The van der Waals surface area contributed by atoms with Gasteiger partial charge in [-0.05, 0) is 55.2 Å². The normalized spacial score (nSPS) is 38.5. The fraction of sp³-hybridized carbons (Fsp3) is 0.667. The summed E-state index contributed by atoms with van der Waals surface area (Å²) in [7, 11) is 1.70. The summed E-state index contributed by atoms with van der Waals surface area (Å²) in [5.74, 6) is 0.907. The molecule has 5 heteroatoms. The molecule has 0 unspecified atom stereocenters. The molecule has 3 heterocycles. The highest BCUT2D eigenvalue weighted by atomic mass is 19.1. The van der Waals surface area contributed by atoms with Crippen molar-refractivity contribution in [2.75, 3.05) is 20.2 Å². The van der Waals surface area contributed by atoms with E-state index >= 15 is 0 Å². The Hall–Kier alpha value is -1.46. The highest BCUT2D eigenvalue weighted by Gasteiger charge is 2.59. The van der Waals surface area contributed by atoms with Gasteiger partial charge in [0, 0.05) is 32.0 Å². The average molecular weight is 359 g/mol. The molecule has 3 aliphatic heterocycles. The number of carbonyl (C=O) groups excluding carboxylic acids is 1. The number of hydrogen-bond acceptors (Lipinski definition) is 3. The average Bonchev–Trinajstić information content (AvgIpc) is 2.57. The quantitative estimate of drug-likeness (QED) is 0.830. The number of ether oxygens (including phenoxy) is 2. The third-order valence-corrected chi connectivity index (χ3v) is 7.39. The van der Waals surface area contributed by atoms with Crippen molar-refractivity contribution in [2.45, 2.75) is 55.8 Å². The molecule has 1 amide bonds. The summed E-state index contributed by atoms with van der Waals surface area (Å²) in [5, 5.41) is 0. The van der Waals surface area contributed by atoms with Gasteiger partial charge >= 0.3 is 0 Å². The van der Waals surface area contributed by atoms with Crippen LogP contribution in [0, 0.1) is 17.7 Å². The van der Waals surface area contributed by atoms with Gasteiger partial charge in [0.25, 0.3) is 0 Å². The van der Waals surface area contributed by atoms with Gasteiger partial charge in [0.1, 0.15) is 5.82 Å². The number of hydrogen-bond donors (Lipinski definition) is 0. The van der Waals surface area contributed by atoms with Gasteiger partial charge in [-0.15, -0.1) is 0 Å². The van der Waals surface area contributed by atoms with Crippen molar-refractivity contribution in [1.82, 2.24) is 4.90 Å². The molecular formula is C21H26FNO3. The van der Waals surface area contributed by atoms with Crippen molar-refractivity contribution in [1.29, 1.82) is 0 Å². The third kappa shape index (κ3) is 2.43. The molecule has 5 fully saturated rings. The van der Waals surface area contributed by atoms with E-state index in [-0.39, 0.29) is 23.2 Å². The highest BCUT2D eigenvalue weighted by Crippen LogP contribution is 2.60. The van der Waals surface area contributed by atoms with Crippen LogP contribution in [0.5, 0.6) is 0 Å². The van der Waals surface area contributed by atoms with Gasteiger partial charge in [-0.25, -0.2) is 4.39 Å². The molecule has 2 aliphatic carbocycles. The maximum absolute atomic E-state index is 13.6. The van der Waals surface area contributed by atoms with Crippen LogP contribution in [-0.4, -0.2) is 49.3 Å². The zero-order valence-electron chi connectivity index (χ0n) is 15.2. The van der Waals surface area contributed by atoms with Crippen molar-refractivity contribution < 1.29 is 18.7 Å². The summed E-state index contributed by atoms with van der Waals surface area (Å²) in [6, 6.07) is 6.93. The van der Waals surface area contributed by atoms with Crippen molar-refractivity contribution >= 4 is 5.91 Å². The smallest absolute Gasteiger partial charge is 0.223 e. The molecule has 0 radical (unpaired) electrons. The molecule has 140 valence electrons. The van der Waals surface area contributed by atoms with E-state index in [0.717, 1.165) is 31.2 Å². The predicted octanol–water partition coefficient (Wildman–Crippen LogP) is 2.90. The summed E-state index contributed by atoms with van der Waals surface area (Å²) in [6.07, 6.45) is 5.51. The number of amides is 1. The molecule has 1 aromatic carbocycles. The molecule has 6 rings (SSSR count). The van der Waals surface area contributed by atoms with Crippen molar-refractivity contribution in [3.63, 3.8) is 0 Å². The Morgan fingerprint density at radius 2 is 1.73 bits per heavy atom. The lowest BCUT2D eigenvalue weighted by molar-refractivity contribution is -0.194. The van der Waals surface area contributed by atoms with E-state index in [1.165, 1.54) is 0 Å². The molecule has 4 bridgehead atoms. The van der Waals surface area contributed by atoms with Crippen LogP contribution in [0.4, 0.5) is 4.39 Å². The summed E-state index contributed by atoms with van der Waals surface area (Å²) in [6.45, 7) is 1.39. The van der Waals surface area contributed by atoms with E-state index in [2.05, 4.69) is 0 Å². The van der Waals surface area contributed by atoms with Crippen LogP contribution >= 0.6 is 0 Å². The maximum atomic E-state index is 13.6. The van der Waals surface area contributed by atoms with Crippen LogP contribution in [0.1, 0.15) is 37.7 Å². The number of benzene rings is 1. The Bertz CT molecular complexity index is 670. The number of nitrogens with zero attached hydrogens (tertiary/aromatic N) is 1. The maximum Gasteiger partial charge on any atom is 0.223 e. The minimum atomic E-state index is -0.215. The zero-order chi connectivity index (χ0) is 17.9. The Morgan fingerprint density at radius 3 is 2.27 bits per heavy atom. The monoisotopic (exact) mass is 359 g/mol. The van der Waals surface area contributed by atoms with E-state index in [4.69, 9.17) is 9.47 Å². The van der Waals surface area contributed by atoms with Crippen LogP contribution in [0.15, 0.2) is 24.3 Å². The van der Waals surface area contributed by atoms with Gasteiger partial charge in [-0.3, -0.25) is 4.79 Å². The molecule has 26 heavy (non-hydrogen) atoms. The third-order valence-electron chi connectivity index (χ3n) is 7.39. The van der Waals surface area contributed by atoms with Crippen molar-refractivity contribution in [2.24, 2.45) is 11.8 Å². The first-order chi connectivity index (χ1) is 12.6. The first kappa shape index (κ1) is 16.7. The van der Waals surface area contributed by atoms with Crippen molar-refractivity contribution in [3.05, 3.63) is 35.6 Å². The summed E-state index contributed by atoms with van der Waals surface area (Å²) in [4.78, 5) is 15.0. The Kier molecular flexibility index (Phi) is 3.87. The lowest BCUT2D eigenvalue weighted by atomic mass is 9.48. The molecule has 5 aliphatic rings. The Balaban J connectivity index is 1.48. The fourth-order valence-electron chi connectivity index (χ4n) is 6.10. The zero-order valence-corrected chi connectivity index (χ0v) is 15.2.